The SMILES string of the molecule is CC(C)c1ccc(Oc2ncc(/C=C/C(=O)O)cn2)cc1. The number of hydrogen-bond acceptors (Lipinski definition) is 4. The Labute approximate surface area is 122 Å². The molecule has 0 spiro atoms. The summed E-state index contributed by atoms with van der Waals surface area (Å²) in [7, 11) is 0. The summed E-state index contributed by atoms with van der Waals surface area (Å²) in [5.74, 6) is 0.115. The van der Waals surface area contributed by atoms with E-state index >= 15 is 0 Å². The normalized spacial score (nSPS) is 11.0. The zero-order valence-corrected chi connectivity index (χ0v) is 11.9. The largest absolute Gasteiger partial charge is 0.478 e. The van der Waals surface area contributed by atoms with Crippen molar-refractivity contribution < 1.29 is 14.6 Å². The second-order valence-corrected chi connectivity index (χ2v) is 4.80. The molecule has 0 unspecified atom stereocenters. The van der Waals surface area contributed by atoms with Crippen molar-refractivity contribution >= 4 is 12.0 Å². The van der Waals surface area contributed by atoms with Crippen LogP contribution in [0.4, 0.5) is 0 Å². The van der Waals surface area contributed by atoms with Gasteiger partial charge in [-0.15, -0.1) is 0 Å². The molecule has 108 valence electrons. The monoisotopic (exact) mass is 284 g/mol. The number of hydrogen-bond donors (Lipinski definition) is 1. The third-order valence-corrected chi connectivity index (χ3v) is 2.82. The molecule has 0 atom stereocenters. The Morgan fingerprint density at radius 1 is 1.19 bits per heavy atom. The van der Waals surface area contributed by atoms with Crippen molar-refractivity contribution in [3.63, 3.8) is 0 Å². The first-order valence-corrected chi connectivity index (χ1v) is 6.55. The summed E-state index contributed by atoms with van der Waals surface area (Å²) in [4.78, 5) is 18.5. The number of aromatic nitrogens is 2. The van der Waals surface area contributed by atoms with E-state index in [1.165, 1.54) is 24.0 Å². The Balaban J connectivity index is 2.04. The maximum Gasteiger partial charge on any atom is 0.328 e. The number of nitrogens with zero attached hydrogens (tertiary/aromatic N) is 2. The first-order chi connectivity index (χ1) is 10.0. The van der Waals surface area contributed by atoms with E-state index < -0.39 is 5.97 Å². The molecule has 0 fully saturated rings. The molecular formula is C16H16N2O3. The lowest BCUT2D eigenvalue weighted by Crippen LogP contribution is -1.93. The molecule has 0 radical (unpaired) electrons. The zero-order valence-electron chi connectivity index (χ0n) is 11.9. The van der Waals surface area contributed by atoms with Crippen LogP contribution >= 0.6 is 0 Å². The molecule has 1 aromatic heterocycles. The maximum atomic E-state index is 10.4. The summed E-state index contributed by atoms with van der Waals surface area (Å²) in [6.45, 7) is 4.25. The van der Waals surface area contributed by atoms with E-state index in [2.05, 4.69) is 23.8 Å². The van der Waals surface area contributed by atoms with Crippen molar-refractivity contribution in [1.29, 1.82) is 0 Å². The highest BCUT2D eigenvalue weighted by atomic mass is 16.5. The van der Waals surface area contributed by atoms with E-state index in [9.17, 15) is 4.79 Å². The van der Waals surface area contributed by atoms with Gasteiger partial charge in [0.2, 0.25) is 0 Å². The van der Waals surface area contributed by atoms with Crippen LogP contribution < -0.4 is 4.74 Å². The smallest absolute Gasteiger partial charge is 0.328 e. The maximum absolute atomic E-state index is 10.4. The standard InChI is InChI=1S/C16H16N2O3/c1-11(2)13-4-6-14(7-5-13)21-16-17-9-12(10-18-16)3-8-15(19)20/h3-11H,1-2H3,(H,19,20)/b8-3+. The van der Waals surface area contributed by atoms with Gasteiger partial charge >= 0.3 is 12.0 Å². The van der Waals surface area contributed by atoms with Crippen LogP contribution in [0.25, 0.3) is 6.08 Å². The minimum atomic E-state index is -1.01. The van der Waals surface area contributed by atoms with E-state index in [1.807, 2.05) is 24.3 Å². The van der Waals surface area contributed by atoms with E-state index in [0.29, 0.717) is 17.2 Å². The molecule has 0 aliphatic heterocycles. The van der Waals surface area contributed by atoms with Crippen LogP contribution in [0, 0.1) is 0 Å². The number of aliphatic carboxylic acids is 1. The van der Waals surface area contributed by atoms with Crippen LogP contribution in [0.1, 0.15) is 30.9 Å². The summed E-state index contributed by atoms with van der Waals surface area (Å²) in [6.07, 6.45) is 5.46. The summed E-state index contributed by atoms with van der Waals surface area (Å²) < 4.78 is 5.53. The Bertz CT molecular complexity index is 632. The van der Waals surface area contributed by atoms with Gasteiger partial charge in [-0.2, -0.15) is 0 Å². The average Bonchev–Trinajstić information content (AvgIpc) is 2.47. The fraction of sp³-hybridized carbons (Fsp3) is 0.188. The third-order valence-electron chi connectivity index (χ3n) is 2.82. The van der Waals surface area contributed by atoms with Gasteiger partial charge in [-0.05, 0) is 29.7 Å². The van der Waals surface area contributed by atoms with Gasteiger partial charge in [0.25, 0.3) is 0 Å². The molecule has 0 amide bonds. The number of carbonyl (C=O) groups is 1. The average molecular weight is 284 g/mol. The number of rotatable bonds is 5. The highest BCUT2D eigenvalue weighted by Crippen LogP contribution is 2.21. The van der Waals surface area contributed by atoms with Gasteiger partial charge in [-0.3, -0.25) is 0 Å². The van der Waals surface area contributed by atoms with Gasteiger partial charge in [0.15, 0.2) is 0 Å². The predicted octanol–water partition coefficient (Wildman–Crippen LogP) is 3.49. The number of benzene rings is 1. The molecule has 0 aliphatic carbocycles. The Hall–Kier alpha value is -2.69. The Kier molecular flexibility index (Phi) is 4.66. The van der Waals surface area contributed by atoms with E-state index in [0.717, 1.165) is 6.08 Å². The first-order valence-electron chi connectivity index (χ1n) is 6.55. The van der Waals surface area contributed by atoms with E-state index in [-0.39, 0.29) is 6.01 Å². The van der Waals surface area contributed by atoms with Gasteiger partial charge < -0.3 is 9.84 Å². The predicted molar refractivity (Wildman–Crippen MR) is 79.3 cm³/mol. The summed E-state index contributed by atoms with van der Waals surface area (Å²) in [5, 5.41) is 8.53. The van der Waals surface area contributed by atoms with Crippen molar-refractivity contribution in [3.8, 4) is 11.8 Å². The molecule has 21 heavy (non-hydrogen) atoms. The zero-order chi connectivity index (χ0) is 15.2. The lowest BCUT2D eigenvalue weighted by Gasteiger charge is -2.07. The molecule has 1 N–H and O–H groups in total. The molecule has 0 bridgehead atoms. The number of carboxylic acids is 1. The summed E-state index contributed by atoms with van der Waals surface area (Å²) in [6, 6.07) is 7.97. The molecule has 0 saturated carbocycles. The van der Waals surface area contributed by atoms with Gasteiger partial charge in [0.05, 0.1) is 0 Å². The van der Waals surface area contributed by atoms with Crippen molar-refractivity contribution in [2.45, 2.75) is 19.8 Å². The fourth-order valence-corrected chi connectivity index (χ4v) is 1.66. The van der Waals surface area contributed by atoms with Gasteiger partial charge in [0, 0.05) is 24.0 Å². The molecule has 1 aromatic carbocycles. The van der Waals surface area contributed by atoms with Crippen LogP contribution in [-0.4, -0.2) is 21.0 Å². The quantitative estimate of drug-likeness (QED) is 0.851. The van der Waals surface area contributed by atoms with Gasteiger partial charge in [0.1, 0.15) is 5.75 Å². The number of ether oxygens (including phenoxy) is 1. The summed E-state index contributed by atoms with van der Waals surface area (Å²) >= 11 is 0. The van der Waals surface area contributed by atoms with Crippen LogP contribution in [0.15, 0.2) is 42.7 Å². The second kappa shape index (κ2) is 6.65. The topological polar surface area (TPSA) is 72.3 Å². The van der Waals surface area contributed by atoms with E-state index in [1.54, 1.807) is 0 Å². The fourth-order valence-electron chi connectivity index (χ4n) is 1.66. The van der Waals surface area contributed by atoms with Crippen LogP contribution in [0.2, 0.25) is 0 Å². The Morgan fingerprint density at radius 2 is 1.81 bits per heavy atom. The molecule has 0 saturated heterocycles. The minimum Gasteiger partial charge on any atom is -0.478 e. The highest BCUT2D eigenvalue weighted by Gasteiger charge is 2.02. The van der Waals surface area contributed by atoms with Crippen LogP contribution in [-0.2, 0) is 4.79 Å². The minimum absolute atomic E-state index is 0.222. The van der Waals surface area contributed by atoms with Crippen molar-refractivity contribution in [2.24, 2.45) is 0 Å². The second-order valence-electron chi connectivity index (χ2n) is 4.80. The first kappa shape index (κ1) is 14.7. The molecule has 2 rings (SSSR count). The van der Waals surface area contributed by atoms with Crippen molar-refractivity contribution in [2.75, 3.05) is 0 Å². The molecule has 5 heteroatoms. The Morgan fingerprint density at radius 3 is 2.33 bits per heavy atom. The third kappa shape index (κ3) is 4.42. The van der Waals surface area contributed by atoms with Crippen LogP contribution in [0.5, 0.6) is 11.8 Å². The molecule has 2 aromatic rings. The molecular weight excluding hydrogens is 268 g/mol. The molecule has 1 heterocycles. The summed E-state index contributed by atoms with van der Waals surface area (Å²) in [5.41, 5.74) is 1.83. The van der Waals surface area contributed by atoms with Crippen molar-refractivity contribution in [1.82, 2.24) is 9.97 Å². The van der Waals surface area contributed by atoms with Crippen LogP contribution in [0.3, 0.4) is 0 Å². The highest BCUT2D eigenvalue weighted by molar-refractivity contribution is 5.85. The lowest BCUT2D eigenvalue weighted by atomic mass is 10.0. The van der Waals surface area contributed by atoms with Gasteiger partial charge in [-0.25, -0.2) is 14.8 Å². The molecule has 0 aliphatic rings. The van der Waals surface area contributed by atoms with Crippen molar-refractivity contribution in [3.05, 3.63) is 53.9 Å². The van der Waals surface area contributed by atoms with E-state index in [4.69, 9.17) is 9.84 Å². The lowest BCUT2D eigenvalue weighted by molar-refractivity contribution is -0.131. The molecule has 5 nitrogen and oxygen atoms in total. The number of carboxylic acid groups (broad SMARTS) is 1. The van der Waals surface area contributed by atoms with Gasteiger partial charge in [-0.1, -0.05) is 26.0 Å².